The second-order valence-electron chi connectivity index (χ2n) is 6.99. The molecule has 3 aromatic rings. The first-order valence-corrected chi connectivity index (χ1v) is 10.00. The van der Waals surface area contributed by atoms with Gasteiger partial charge in [-0.1, -0.05) is 30.3 Å². The number of nitrogens with one attached hydrogen (secondary N) is 1. The van der Waals surface area contributed by atoms with E-state index < -0.39 is 6.10 Å². The Bertz CT molecular complexity index is 991. The van der Waals surface area contributed by atoms with E-state index in [2.05, 4.69) is 16.4 Å². The average molecular weight is 419 g/mol. The van der Waals surface area contributed by atoms with Crippen molar-refractivity contribution in [3.63, 3.8) is 0 Å². The molecule has 3 N–H and O–H groups in total. The summed E-state index contributed by atoms with van der Waals surface area (Å²) < 4.78 is 11.3. The molecule has 0 aliphatic heterocycles. The van der Waals surface area contributed by atoms with Gasteiger partial charge in [0.15, 0.2) is 0 Å². The number of nitrogens with zero attached hydrogens (tertiary/aromatic N) is 2. The topological polar surface area (TPSA) is 108 Å². The van der Waals surface area contributed by atoms with Gasteiger partial charge in [-0.2, -0.15) is 5.26 Å². The van der Waals surface area contributed by atoms with Crippen LogP contribution in [0, 0.1) is 11.3 Å². The van der Waals surface area contributed by atoms with Gasteiger partial charge in [0.2, 0.25) is 5.88 Å². The van der Waals surface area contributed by atoms with Gasteiger partial charge in [-0.3, -0.25) is 0 Å². The molecule has 0 saturated heterocycles. The van der Waals surface area contributed by atoms with Crippen molar-refractivity contribution >= 4 is 0 Å². The maximum Gasteiger partial charge on any atom is 0.237 e. The molecule has 0 aliphatic rings. The summed E-state index contributed by atoms with van der Waals surface area (Å²) in [6, 6.07) is 21.8. The maximum absolute atomic E-state index is 10.2. The van der Waals surface area contributed by atoms with Crippen molar-refractivity contribution in [3.8, 4) is 23.4 Å². The number of pyridine rings is 1. The Morgan fingerprint density at radius 2 is 1.84 bits per heavy atom. The Morgan fingerprint density at radius 3 is 2.61 bits per heavy atom. The summed E-state index contributed by atoms with van der Waals surface area (Å²) in [7, 11) is 0. The first-order chi connectivity index (χ1) is 15.2. The van der Waals surface area contributed by atoms with Gasteiger partial charge in [0.05, 0.1) is 6.61 Å². The van der Waals surface area contributed by atoms with E-state index in [1.54, 1.807) is 24.4 Å². The van der Waals surface area contributed by atoms with Crippen LogP contribution in [0.3, 0.4) is 0 Å². The summed E-state index contributed by atoms with van der Waals surface area (Å²) in [5.74, 6) is 1.51. The molecule has 7 nitrogen and oxygen atoms in total. The number of aromatic nitrogens is 1. The highest BCUT2D eigenvalue weighted by atomic mass is 16.5. The molecule has 160 valence electrons. The van der Waals surface area contributed by atoms with Gasteiger partial charge < -0.3 is 25.0 Å². The molecule has 2 aromatic carbocycles. The molecule has 0 radical (unpaired) electrons. The predicted octanol–water partition coefficient (Wildman–Crippen LogP) is 2.68. The lowest BCUT2D eigenvalue weighted by atomic mass is 10.1. The van der Waals surface area contributed by atoms with Crippen molar-refractivity contribution < 1.29 is 19.7 Å². The van der Waals surface area contributed by atoms with Gasteiger partial charge >= 0.3 is 0 Å². The summed E-state index contributed by atoms with van der Waals surface area (Å²) in [4.78, 5) is 4.10. The molecule has 0 spiro atoms. The van der Waals surface area contributed by atoms with Crippen LogP contribution in [0.2, 0.25) is 0 Å². The Hall–Kier alpha value is -3.44. The number of ether oxygens (including phenoxy) is 2. The normalized spacial score (nSPS) is 12.5. The molecule has 1 heterocycles. The molecule has 1 aromatic heterocycles. The van der Waals surface area contributed by atoms with Crippen molar-refractivity contribution in [3.05, 3.63) is 84.1 Å². The largest absolute Gasteiger partial charge is 0.491 e. The Labute approximate surface area is 181 Å². The quantitative estimate of drug-likeness (QED) is 0.439. The summed E-state index contributed by atoms with van der Waals surface area (Å²) in [5.41, 5.74) is 1.29. The van der Waals surface area contributed by atoms with Crippen LogP contribution >= 0.6 is 0 Å². The van der Waals surface area contributed by atoms with Gasteiger partial charge in [0, 0.05) is 18.8 Å². The van der Waals surface area contributed by atoms with Crippen molar-refractivity contribution in [1.82, 2.24) is 10.3 Å². The number of aliphatic hydroxyl groups is 2. The van der Waals surface area contributed by atoms with E-state index >= 15 is 0 Å². The highest BCUT2D eigenvalue weighted by molar-refractivity contribution is 5.40. The number of rotatable bonds is 11. The minimum atomic E-state index is -0.711. The first-order valence-electron chi connectivity index (χ1n) is 10.00. The summed E-state index contributed by atoms with van der Waals surface area (Å²) in [6.45, 7) is 0.355. The molecule has 0 aliphatic carbocycles. The lowest BCUT2D eigenvalue weighted by molar-refractivity contribution is 0.0997. The minimum Gasteiger partial charge on any atom is -0.491 e. The Kier molecular flexibility index (Phi) is 8.38. The molecular weight excluding hydrogens is 394 g/mol. The lowest BCUT2D eigenvalue weighted by Crippen LogP contribution is -2.41. The van der Waals surface area contributed by atoms with Crippen LogP contribution in [0.1, 0.15) is 11.1 Å². The first kappa shape index (κ1) is 22.2. The van der Waals surface area contributed by atoms with Crippen LogP contribution in [-0.4, -0.2) is 47.1 Å². The zero-order chi connectivity index (χ0) is 21.9. The van der Waals surface area contributed by atoms with Crippen molar-refractivity contribution in [2.24, 2.45) is 0 Å². The molecular formula is C24H25N3O4. The zero-order valence-corrected chi connectivity index (χ0v) is 17.0. The van der Waals surface area contributed by atoms with Gasteiger partial charge in [0.25, 0.3) is 0 Å². The number of para-hydroxylation sites is 1. The van der Waals surface area contributed by atoms with E-state index in [1.165, 1.54) is 0 Å². The van der Waals surface area contributed by atoms with Gasteiger partial charge in [-0.25, -0.2) is 4.98 Å². The molecule has 3 rings (SSSR count). The number of nitriles is 1. The molecule has 7 heteroatoms. The van der Waals surface area contributed by atoms with Crippen molar-refractivity contribution in [2.75, 3.05) is 19.8 Å². The number of hydrogen-bond donors (Lipinski definition) is 3. The van der Waals surface area contributed by atoms with E-state index in [1.807, 2.05) is 48.5 Å². The standard InChI is InChI=1S/C24H25N3O4/c25-14-19-7-5-11-26-24(19)31-23-10-4-6-18(13-23)12-20(16-28)27-15-21(29)17-30-22-8-2-1-3-9-22/h1-11,13,20-21,27-29H,12,15-17H2/t20-,21+/m1/s1. The Balaban J connectivity index is 1.52. The monoisotopic (exact) mass is 419 g/mol. The predicted molar refractivity (Wildman–Crippen MR) is 116 cm³/mol. The third kappa shape index (κ3) is 7.08. The number of benzene rings is 2. The summed E-state index contributed by atoms with van der Waals surface area (Å²) >= 11 is 0. The fraction of sp³-hybridized carbons (Fsp3) is 0.250. The molecule has 2 atom stereocenters. The van der Waals surface area contributed by atoms with Crippen LogP contribution in [-0.2, 0) is 6.42 Å². The third-order valence-corrected chi connectivity index (χ3v) is 4.53. The van der Waals surface area contributed by atoms with Crippen LogP contribution in [0.25, 0.3) is 0 Å². The van der Waals surface area contributed by atoms with Crippen LogP contribution < -0.4 is 14.8 Å². The average Bonchev–Trinajstić information content (AvgIpc) is 2.81. The van der Waals surface area contributed by atoms with E-state index in [4.69, 9.17) is 9.47 Å². The van der Waals surface area contributed by atoms with Crippen LogP contribution in [0.5, 0.6) is 17.4 Å². The highest BCUT2D eigenvalue weighted by Crippen LogP contribution is 2.23. The van der Waals surface area contributed by atoms with Gasteiger partial charge in [0.1, 0.15) is 35.8 Å². The molecule has 0 fully saturated rings. The van der Waals surface area contributed by atoms with Crippen molar-refractivity contribution in [1.29, 1.82) is 5.26 Å². The molecule has 0 bridgehead atoms. The van der Waals surface area contributed by atoms with E-state index in [0.29, 0.717) is 23.5 Å². The highest BCUT2D eigenvalue weighted by Gasteiger charge is 2.13. The van der Waals surface area contributed by atoms with Gasteiger partial charge in [-0.05, 0) is 48.4 Å². The second kappa shape index (κ2) is 11.7. The van der Waals surface area contributed by atoms with E-state index in [0.717, 1.165) is 5.56 Å². The fourth-order valence-corrected chi connectivity index (χ4v) is 2.96. The lowest BCUT2D eigenvalue weighted by Gasteiger charge is -2.19. The SMILES string of the molecule is N#Cc1cccnc1Oc1cccc(C[C@H](CO)NC[C@H](O)COc2ccccc2)c1. The molecule has 0 amide bonds. The van der Waals surface area contributed by atoms with Gasteiger partial charge in [-0.15, -0.1) is 0 Å². The molecule has 0 unspecified atom stereocenters. The third-order valence-electron chi connectivity index (χ3n) is 4.53. The minimum absolute atomic E-state index is 0.0871. The Morgan fingerprint density at radius 1 is 1.03 bits per heavy atom. The van der Waals surface area contributed by atoms with E-state index in [9.17, 15) is 15.5 Å². The summed E-state index contributed by atoms with van der Waals surface area (Å²) in [6.07, 6.45) is 1.39. The van der Waals surface area contributed by atoms with Crippen molar-refractivity contribution in [2.45, 2.75) is 18.6 Å². The van der Waals surface area contributed by atoms with E-state index in [-0.39, 0.29) is 31.7 Å². The maximum atomic E-state index is 10.2. The van der Waals surface area contributed by atoms with Crippen LogP contribution in [0.4, 0.5) is 0 Å². The fourth-order valence-electron chi connectivity index (χ4n) is 2.96. The number of aliphatic hydroxyl groups excluding tert-OH is 2. The number of hydrogen-bond acceptors (Lipinski definition) is 7. The summed E-state index contributed by atoms with van der Waals surface area (Å²) in [5, 5.41) is 32.2. The smallest absolute Gasteiger partial charge is 0.237 e. The van der Waals surface area contributed by atoms with Crippen LogP contribution in [0.15, 0.2) is 72.9 Å². The molecule has 0 saturated carbocycles. The zero-order valence-electron chi connectivity index (χ0n) is 17.0. The molecule has 31 heavy (non-hydrogen) atoms. The second-order valence-corrected chi connectivity index (χ2v) is 6.99.